The van der Waals surface area contributed by atoms with Crippen LogP contribution in [0.25, 0.3) is 5.57 Å². The van der Waals surface area contributed by atoms with Crippen LogP contribution in [0.5, 0.6) is 0 Å². The predicted octanol–water partition coefficient (Wildman–Crippen LogP) is 7.69. The fraction of sp³-hybridized carbons (Fsp3) is 0.533. The van der Waals surface area contributed by atoms with E-state index in [-0.39, 0.29) is 5.41 Å². The van der Waals surface area contributed by atoms with Crippen LogP contribution in [0.1, 0.15) is 73.3 Å². The summed E-state index contributed by atoms with van der Waals surface area (Å²) in [4.78, 5) is 0. The fourth-order valence-corrected chi connectivity index (χ4v) is 5.22. The standard InChI is InChI=1S/C30H44N2/c1-28(2,3)17-11-20-31-21-12-22-32-25-16-15-24-27(26(25)23-13-9-8-10-14-23)30(6,7)19-18-29(24,4)5/h8-16,20,22,24,27,31-32H,17-19,21H2,1-7H3/b20-11+,22-12+. The second kappa shape index (κ2) is 9.73. The summed E-state index contributed by atoms with van der Waals surface area (Å²) in [5, 5.41) is 7.00. The van der Waals surface area contributed by atoms with Crippen molar-refractivity contribution < 1.29 is 0 Å². The number of hydrogen-bond acceptors (Lipinski definition) is 2. The van der Waals surface area contributed by atoms with Crippen molar-refractivity contribution in [1.29, 1.82) is 0 Å². The van der Waals surface area contributed by atoms with E-state index in [9.17, 15) is 0 Å². The number of rotatable bonds is 7. The zero-order chi connectivity index (χ0) is 23.4. The van der Waals surface area contributed by atoms with Crippen molar-refractivity contribution in [2.24, 2.45) is 28.1 Å². The van der Waals surface area contributed by atoms with Crippen LogP contribution in [-0.4, -0.2) is 6.54 Å². The van der Waals surface area contributed by atoms with E-state index in [1.54, 1.807) is 0 Å². The lowest BCUT2D eigenvalue weighted by molar-refractivity contribution is 0.0384. The Morgan fingerprint density at radius 1 is 0.938 bits per heavy atom. The Balaban J connectivity index is 1.79. The maximum atomic E-state index is 3.63. The van der Waals surface area contributed by atoms with E-state index in [0.29, 0.717) is 22.7 Å². The van der Waals surface area contributed by atoms with Crippen molar-refractivity contribution in [2.75, 3.05) is 6.54 Å². The van der Waals surface area contributed by atoms with Gasteiger partial charge in [0.15, 0.2) is 0 Å². The summed E-state index contributed by atoms with van der Waals surface area (Å²) in [6.45, 7) is 17.4. The lowest BCUT2D eigenvalue weighted by atomic mass is 9.51. The highest BCUT2D eigenvalue weighted by Crippen LogP contribution is 2.59. The molecular formula is C30H44N2. The highest BCUT2D eigenvalue weighted by molar-refractivity contribution is 5.75. The van der Waals surface area contributed by atoms with Crippen LogP contribution in [0, 0.1) is 28.1 Å². The van der Waals surface area contributed by atoms with Crippen molar-refractivity contribution in [1.82, 2.24) is 10.6 Å². The van der Waals surface area contributed by atoms with Crippen molar-refractivity contribution in [3.8, 4) is 0 Å². The molecule has 1 aromatic carbocycles. The van der Waals surface area contributed by atoms with Crippen molar-refractivity contribution in [3.63, 3.8) is 0 Å². The Morgan fingerprint density at radius 2 is 1.62 bits per heavy atom. The van der Waals surface area contributed by atoms with Gasteiger partial charge in [0, 0.05) is 12.2 Å². The first-order chi connectivity index (χ1) is 15.0. The molecule has 2 aliphatic rings. The summed E-state index contributed by atoms with van der Waals surface area (Å²) in [5.41, 5.74) is 4.98. The summed E-state index contributed by atoms with van der Waals surface area (Å²) in [6.07, 6.45) is 17.0. The molecule has 0 aromatic heterocycles. The molecule has 2 unspecified atom stereocenters. The molecule has 32 heavy (non-hydrogen) atoms. The van der Waals surface area contributed by atoms with Crippen molar-refractivity contribution in [2.45, 2.75) is 67.7 Å². The molecule has 0 aliphatic heterocycles. The average molecular weight is 433 g/mol. The molecule has 0 heterocycles. The third kappa shape index (κ3) is 5.97. The first-order valence-corrected chi connectivity index (χ1v) is 12.3. The molecule has 0 bridgehead atoms. The van der Waals surface area contributed by atoms with Gasteiger partial charge in [0.1, 0.15) is 0 Å². The van der Waals surface area contributed by atoms with E-state index < -0.39 is 0 Å². The molecule has 174 valence electrons. The normalized spacial score (nSPS) is 24.7. The average Bonchev–Trinajstić information content (AvgIpc) is 2.73. The van der Waals surface area contributed by atoms with Gasteiger partial charge in [-0.05, 0) is 83.0 Å². The quantitative estimate of drug-likeness (QED) is 0.432. The summed E-state index contributed by atoms with van der Waals surface area (Å²) >= 11 is 0. The first kappa shape index (κ1) is 24.4. The Labute approximate surface area is 197 Å². The van der Waals surface area contributed by atoms with Crippen LogP contribution in [0.15, 0.2) is 72.7 Å². The molecule has 0 amide bonds. The Kier molecular flexibility index (Phi) is 7.43. The number of fused-ring (bicyclic) bond motifs is 1. The lowest BCUT2D eigenvalue weighted by Gasteiger charge is -2.54. The molecule has 1 saturated carbocycles. The molecule has 1 aromatic rings. The summed E-state index contributed by atoms with van der Waals surface area (Å²) < 4.78 is 0. The smallest absolute Gasteiger partial charge is 0.0418 e. The van der Waals surface area contributed by atoms with Gasteiger partial charge in [0.05, 0.1) is 0 Å². The molecule has 3 rings (SSSR count). The number of benzene rings is 1. The molecule has 0 spiro atoms. The molecule has 0 radical (unpaired) electrons. The van der Waals surface area contributed by atoms with E-state index >= 15 is 0 Å². The van der Waals surface area contributed by atoms with Crippen LogP contribution in [0.4, 0.5) is 0 Å². The largest absolute Gasteiger partial charge is 0.388 e. The van der Waals surface area contributed by atoms with Gasteiger partial charge in [0.25, 0.3) is 0 Å². The summed E-state index contributed by atoms with van der Waals surface area (Å²) in [6, 6.07) is 11.0. The van der Waals surface area contributed by atoms with Gasteiger partial charge in [-0.2, -0.15) is 0 Å². The van der Waals surface area contributed by atoms with Crippen LogP contribution in [0.2, 0.25) is 0 Å². The lowest BCUT2D eigenvalue weighted by Crippen LogP contribution is -2.45. The maximum absolute atomic E-state index is 3.63. The molecule has 1 fully saturated rings. The zero-order valence-electron chi connectivity index (χ0n) is 21.3. The van der Waals surface area contributed by atoms with E-state index in [4.69, 9.17) is 0 Å². The molecular weight excluding hydrogens is 388 g/mol. The number of allylic oxidation sites excluding steroid dienone is 4. The molecule has 2 aliphatic carbocycles. The monoisotopic (exact) mass is 432 g/mol. The van der Waals surface area contributed by atoms with Crippen LogP contribution < -0.4 is 10.6 Å². The van der Waals surface area contributed by atoms with Crippen LogP contribution >= 0.6 is 0 Å². The highest BCUT2D eigenvalue weighted by atomic mass is 14.9. The van der Waals surface area contributed by atoms with Gasteiger partial charge in [-0.25, -0.2) is 0 Å². The SMILES string of the molecule is CC(C)(C)C/C=C/NC/C=C/NC1=C(c2ccccc2)C2C(C=C1)C(C)(C)CCC2(C)C. The number of hydrogen-bond donors (Lipinski definition) is 2. The third-order valence-corrected chi connectivity index (χ3v) is 7.23. The summed E-state index contributed by atoms with van der Waals surface area (Å²) in [7, 11) is 0. The fourth-order valence-electron chi connectivity index (χ4n) is 5.22. The van der Waals surface area contributed by atoms with Crippen LogP contribution in [-0.2, 0) is 0 Å². The van der Waals surface area contributed by atoms with Gasteiger partial charge in [0.2, 0.25) is 0 Å². The summed E-state index contributed by atoms with van der Waals surface area (Å²) in [5.74, 6) is 1.07. The topological polar surface area (TPSA) is 24.1 Å². The minimum atomic E-state index is 0.270. The van der Waals surface area contributed by atoms with Gasteiger partial charge < -0.3 is 10.6 Å². The zero-order valence-corrected chi connectivity index (χ0v) is 21.3. The molecule has 2 N–H and O–H groups in total. The van der Waals surface area contributed by atoms with E-state index in [2.05, 4.69) is 126 Å². The second-order valence-corrected chi connectivity index (χ2v) is 12.2. The maximum Gasteiger partial charge on any atom is 0.0418 e. The van der Waals surface area contributed by atoms with Crippen LogP contribution in [0.3, 0.4) is 0 Å². The molecule has 0 saturated heterocycles. The van der Waals surface area contributed by atoms with E-state index in [0.717, 1.165) is 13.0 Å². The minimum Gasteiger partial charge on any atom is -0.388 e. The molecule has 2 heteroatoms. The molecule has 2 nitrogen and oxygen atoms in total. The van der Waals surface area contributed by atoms with Crippen molar-refractivity contribution in [3.05, 3.63) is 78.3 Å². The van der Waals surface area contributed by atoms with Gasteiger partial charge in [-0.3, -0.25) is 0 Å². The highest BCUT2D eigenvalue weighted by Gasteiger charge is 2.49. The minimum absolute atomic E-state index is 0.270. The second-order valence-electron chi connectivity index (χ2n) is 12.2. The van der Waals surface area contributed by atoms with Gasteiger partial charge in [-0.1, -0.05) is 91.0 Å². The Bertz CT molecular complexity index is 875. The third-order valence-electron chi connectivity index (χ3n) is 7.23. The predicted molar refractivity (Wildman–Crippen MR) is 140 cm³/mol. The molecule has 2 atom stereocenters. The Hall–Kier alpha value is -2.22. The number of nitrogens with one attached hydrogen (secondary N) is 2. The van der Waals surface area contributed by atoms with Gasteiger partial charge >= 0.3 is 0 Å². The van der Waals surface area contributed by atoms with E-state index in [1.807, 2.05) is 0 Å². The first-order valence-electron chi connectivity index (χ1n) is 12.3. The van der Waals surface area contributed by atoms with E-state index in [1.165, 1.54) is 29.7 Å². The van der Waals surface area contributed by atoms with Crippen molar-refractivity contribution >= 4 is 5.57 Å². The van der Waals surface area contributed by atoms with Gasteiger partial charge in [-0.15, -0.1) is 0 Å². The Morgan fingerprint density at radius 3 is 2.31 bits per heavy atom.